The molecule has 1 heterocycles. The Morgan fingerprint density at radius 2 is 2.44 bits per heavy atom. The molecule has 0 amide bonds. The highest BCUT2D eigenvalue weighted by atomic mass is 32.1. The molecular formula is C11H16N2O2S. The number of aromatic nitrogens is 1. The lowest BCUT2D eigenvalue weighted by molar-refractivity contribution is -0.137. The zero-order valence-corrected chi connectivity index (χ0v) is 10.2. The Morgan fingerprint density at radius 3 is 2.94 bits per heavy atom. The number of carboxylic acids is 1. The summed E-state index contributed by atoms with van der Waals surface area (Å²) in [6.45, 7) is 3.42. The summed E-state index contributed by atoms with van der Waals surface area (Å²) in [5.41, 5.74) is 1.07. The van der Waals surface area contributed by atoms with Crippen LogP contribution >= 0.6 is 11.3 Å². The lowest BCUT2D eigenvalue weighted by Gasteiger charge is -2.19. The van der Waals surface area contributed by atoms with Crippen molar-refractivity contribution in [1.29, 1.82) is 0 Å². The number of aliphatic carboxylic acids is 1. The van der Waals surface area contributed by atoms with Crippen molar-refractivity contribution in [2.24, 2.45) is 0 Å². The molecule has 0 atom stereocenters. The van der Waals surface area contributed by atoms with Gasteiger partial charge in [0.15, 0.2) is 0 Å². The Labute approximate surface area is 98.9 Å². The second-order valence-corrected chi connectivity index (χ2v) is 5.27. The largest absolute Gasteiger partial charge is 0.481 e. The summed E-state index contributed by atoms with van der Waals surface area (Å²) in [4.78, 5) is 17.2. The highest BCUT2D eigenvalue weighted by Gasteiger charge is 2.29. The molecule has 0 unspecified atom stereocenters. The minimum absolute atomic E-state index is 0.222. The molecule has 1 aliphatic carbocycles. The fourth-order valence-electron chi connectivity index (χ4n) is 1.76. The van der Waals surface area contributed by atoms with E-state index in [1.165, 1.54) is 12.8 Å². The van der Waals surface area contributed by atoms with E-state index in [9.17, 15) is 4.79 Å². The van der Waals surface area contributed by atoms with Gasteiger partial charge in [-0.15, -0.1) is 11.3 Å². The van der Waals surface area contributed by atoms with Crippen molar-refractivity contribution in [3.63, 3.8) is 0 Å². The molecule has 1 saturated carbocycles. The van der Waals surface area contributed by atoms with Crippen molar-refractivity contribution in [2.75, 3.05) is 6.54 Å². The zero-order chi connectivity index (χ0) is 11.5. The molecule has 0 spiro atoms. The van der Waals surface area contributed by atoms with Gasteiger partial charge in [-0.05, 0) is 19.8 Å². The number of carboxylic acid groups (broad SMARTS) is 1. The van der Waals surface area contributed by atoms with E-state index in [2.05, 4.69) is 15.3 Å². The Kier molecular flexibility index (Phi) is 3.56. The molecule has 0 radical (unpaired) electrons. The van der Waals surface area contributed by atoms with Gasteiger partial charge < -0.3 is 5.11 Å². The Morgan fingerprint density at radius 1 is 1.69 bits per heavy atom. The lowest BCUT2D eigenvalue weighted by atomic mass is 10.3. The number of aryl methyl sites for hydroxylation is 1. The molecule has 1 fully saturated rings. The normalized spacial score (nSPS) is 15.6. The van der Waals surface area contributed by atoms with E-state index in [4.69, 9.17) is 5.11 Å². The van der Waals surface area contributed by atoms with Gasteiger partial charge in [0, 0.05) is 24.5 Å². The van der Waals surface area contributed by atoms with Crippen molar-refractivity contribution >= 4 is 17.3 Å². The van der Waals surface area contributed by atoms with Gasteiger partial charge >= 0.3 is 5.97 Å². The number of hydrogen-bond acceptors (Lipinski definition) is 4. The van der Waals surface area contributed by atoms with Crippen molar-refractivity contribution in [3.8, 4) is 0 Å². The molecule has 1 aromatic heterocycles. The lowest BCUT2D eigenvalue weighted by Crippen LogP contribution is -2.28. The van der Waals surface area contributed by atoms with Gasteiger partial charge in [0.05, 0.1) is 17.1 Å². The topological polar surface area (TPSA) is 53.4 Å². The predicted octanol–water partition coefficient (Wildman–Crippen LogP) is 1.89. The van der Waals surface area contributed by atoms with Crippen molar-refractivity contribution in [1.82, 2.24) is 9.88 Å². The van der Waals surface area contributed by atoms with E-state index >= 15 is 0 Å². The Hall–Kier alpha value is -0.940. The van der Waals surface area contributed by atoms with E-state index in [1.807, 2.05) is 6.92 Å². The molecule has 1 N–H and O–H groups in total. The molecule has 1 aliphatic rings. The van der Waals surface area contributed by atoms with Gasteiger partial charge in [-0.3, -0.25) is 9.69 Å². The van der Waals surface area contributed by atoms with Crippen LogP contribution in [0, 0.1) is 6.92 Å². The standard InChI is InChI=1S/C11H16N2O2S/c1-8-12-9(7-16-8)6-13(10-2-3-10)5-4-11(14)15/h7,10H,2-6H2,1H3,(H,14,15). The van der Waals surface area contributed by atoms with Crippen LogP contribution in [0.4, 0.5) is 0 Å². The van der Waals surface area contributed by atoms with Gasteiger partial charge in [0.1, 0.15) is 0 Å². The van der Waals surface area contributed by atoms with Crippen LogP contribution in [0.25, 0.3) is 0 Å². The number of nitrogens with zero attached hydrogens (tertiary/aromatic N) is 2. The van der Waals surface area contributed by atoms with Crippen LogP contribution in [-0.2, 0) is 11.3 Å². The maximum absolute atomic E-state index is 10.6. The molecule has 0 bridgehead atoms. The summed E-state index contributed by atoms with van der Waals surface area (Å²) in [6, 6.07) is 0.585. The maximum atomic E-state index is 10.6. The molecule has 0 aliphatic heterocycles. The number of rotatable bonds is 6. The van der Waals surface area contributed by atoms with Crippen molar-refractivity contribution in [2.45, 2.75) is 38.8 Å². The minimum atomic E-state index is -0.722. The zero-order valence-electron chi connectivity index (χ0n) is 9.35. The van der Waals surface area contributed by atoms with E-state index < -0.39 is 5.97 Å². The minimum Gasteiger partial charge on any atom is -0.481 e. The van der Waals surface area contributed by atoms with E-state index in [0.717, 1.165) is 17.2 Å². The molecule has 0 saturated heterocycles. The molecule has 2 rings (SSSR count). The molecule has 88 valence electrons. The summed E-state index contributed by atoms with van der Waals surface area (Å²) >= 11 is 1.65. The van der Waals surface area contributed by atoms with Gasteiger partial charge in [-0.25, -0.2) is 4.98 Å². The van der Waals surface area contributed by atoms with Gasteiger partial charge in [0.25, 0.3) is 0 Å². The van der Waals surface area contributed by atoms with Crippen LogP contribution < -0.4 is 0 Å². The summed E-state index contributed by atoms with van der Waals surface area (Å²) in [6.07, 6.45) is 2.62. The Bertz CT molecular complexity index is 374. The van der Waals surface area contributed by atoms with Crippen molar-refractivity contribution < 1.29 is 9.90 Å². The van der Waals surface area contributed by atoms with Crippen LogP contribution in [0.5, 0.6) is 0 Å². The first-order chi connectivity index (χ1) is 7.65. The maximum Gasteiger partial charge on any atom is 0.304 e. The molecule has 16 heavy (non-hydrogen) atoms. The van der Waals surface area contributed by atoms with Crippen LogP contribution in [0.3, 0.4) is 0 Å². The second-order valence-electron chi connectivity index (χ2n) is 4.20. The van der Waals surface area contributed by atoms with Crippen LogP contribution in [-0.4, -0.2) is 33.5 Å². The molecular weight excluding hydrogens is 224 g/mol. The first-order valence-corrected chi connectivity index (χ1v) is 6.40. The fourth-order valence-corrected chi connectivity index (χ4v) is 2.36. The average Bonchev–Trinajstić information content (AvgIpc) is 2.98. The predicted molar refractivity (Wildman–Crippen MR) is 62.5 cm³/mol. The van der Waals surface area contributed by atoms with E-state index in [-0.39, 0.29) is 6.42 Å². The van der Waals surface area contributed by atoms with E-state index in [1.54, 1.807) is 11.3 Å². The summed E-state index contributed by atoms with van der Waals surface area (Å²) in [5, 5.41) is 11.8. The third kappa shape index (κ3) is 3.28. The fraction of sp³-hybridized carbons (Fsp3) is 0.636. The van der Waals surface area contributed by atoms with Crippen LogP contribution in [0.15, 0.2) is 5.38 Å². The first-order valence-electron chi connectivity index (χ1n) is 5.52. The Balaban J connectivity index is 1.89. The van der Waals surface area contributed by atoms with Gasteiger partial charge in [-0.1, -0.05) is 0 Å². The van der Waals surface area contributed by atoms with Crippen molar-refractivity contribution in [3.05, 3.63) is 16.1 Å². The second kappa shape index (κ2) is 4.93. The highest BCUT2D eigenvalue weighted by Crippen LogP contribution is 2.28. The van der Waals surface area contributed by atoms with E-state index in [0.29, 0.717) is 12.6 Å². The average molecular weight is 240 g/mol. The monoisotopic (exact) mass is 240 g/mol. The van der Waals surface area contributed by atoms with Gasteiger partial charge in [-0.2, -0.15) is 0 Å². The van der Waals surface area contributed by atoms with Gasteiger partial charge in [0.2, 0.25) is 0 Å². The third-order valence-corrected chi connectivity index (χ3v) is 3.53. The summed E-state index contributed by atoms with van der Waals surface area (Å²) in [5.74, 6) is -0.722. The quantitative estimate of drug-likeness (QED) is 0.825. The molecule has 1 aromatic rings. The smallest absolute Gasteiger partial charge is 0.304 e. The summed E-state index contributed by atoms with van der Waals surface area (Å²) < 4.78 is 0. The number of thiazole rings is 1. The molecule has 4 nitrogen and oxygen atoms in total. The highest BCUT2D eigenvalue weighted by molar-refractivity contribution is 7.09. The molecule has 0 aromatic carbocycles. The first kappa shape index (κ1) is 11.5. The van der Waals surface area contributed by atoms with Crippen LogP contribution in [0.1, 0.15) is 30.0 Å². The number of carbonyl (C=O) groups is 1. The molecule has 5 heteroatoms. The number of hydrogen-bond donors (Lipinski definition) is 1. The third-order valence-electron chi connectivity index (χ3n) is 2.71. The summed E-state index contributed by atoms with van der Waals surface area (Å²) in [7, 11) is 0. The SMILES string of the molecule is Cc1nc(CN(CCC(=O)O)C2CC2)cs1. The van der Waals surface area contributed by atoms with Crippen LogP contribution in [0.2, 0.25) is 0 Å².